The summed E-state index contributed by atoms with van der Waals surface area (Å²) in [6, 6.07) is 0. The van der Waals surface area contributed by atoms with E-state index in [0.717, 1.165) is 0 Å². The molecule has 6 heteroatoms. The molecule has 0 aromatic heterocycles. The molecule has 2 N–H and O–H groups in total. The fourth-order valence-electron chi connectivity index (χ4n) is 0.146. The molecular formula is CH3N3S3. The van der Waals surface area contributed by atoms with Crippen LogP contribution in [0.4, 0.5) is 0 Å². The molecule has 0 saturated carbocycles. The van der Waals surface area contributed by atoms with Gasteiger partial charge in [0.25, 0.3) is 0 Å². The van der Waals surface area contributed by atoms with Crippen molar-refractivity contribution in [3.05, 3.63) is 0 Å². The van der Waals surface area contributed by atoms with Crippen LogP contribution < -0.4 is 8.25 Å². The minimum Gasteiger partial charge on any atom is -0.199 e. The van der Waals surface area contributed by atoms with E-state index in [-0.39, 0.29) is 0 Å². The second-order valence-corrected chi connectivity index (χ2v) is 3.07. The molecular weight excluding hydrogens is 150 g/mol. The van der Waals surface area contributed by atoms with E-state index < -0.39 is 0 Å². The third-order valence-electron chi connectivity index (χ3n) is 0.317. The van der Waals surface area contributed by atoms with Crippen LogP contribution in [0.3, 0.4) is 0 Å². The molecule has 1 aliphatic heterocycles. The minimum atomic E-state index is 1.31. The summed E-state index contributed by atoms with van der Waals surface area (Å²) in [5, 5.41) is 0. The first-order chi connectivity index (χ1) is 3.50. The molecule has 1 heterocycles. The summed E-state index contributed by atoms with van der Waals surface area (Å²) in [7, 11) is 0. The van der Waals surface area contributed by atoms with Gasteiger partial charge < -0.3 is 0 Å². The third kappa shape index (κ3) is 2.45. The van der Waals surface area contributed by atoms with Gasteiger partial charge >= 0.3 is 0 Å². The van der Waals surface area contributed by atoms with E-state index in [1.54, 1.807) is 5.55 Å². The predicted octanol–water partition coefficient (Wildman–Crippen LogP) is 0.982. The molecule has 0 radical (unpaired) electrons. The number of rotatable bonds is 0. The van der Waals surface area contributed by atoms with Crippen molar-refractivity contribution in [3.8, 4) is 0 Å². The van der Waals surface area contributed by atoms with Crippen LogP contribution in [0, 0.1) is 0 Å². The Bertz CT molecular complexity index is 64.6. The van der Waals surface area contributed by atoms with E-state index in [4.69, 9.17) is 0 Å². The molecule has 3 nitrogen and oxygen atoms in total. The van der Waals surface area contributed by atoms with Crippen LogP contribution >= 0.6 is 36.2 Å². The first-order valence-corrected chi connectivity index (χ1v) is 3.96. The molecule has 40 valence electrons. The van der Waals surface area contributed by atoms with Gasteiger partial charge in [-0.1, -0.05) is 0 Å². The largest absolute Gasteiger partial charge is 0.199 e. The fraction of sp³-hybridized carbons (Fsp3) is 0. The molecule has 0 unspecified atom stereocenters. The van der Waals surface area contributed by atoms with E-state index in [2.05, 4.69) is 12.7 Å². The highest BCUT2D eigenvalue weighted by Gasteiger charge is 1.88. The number of nitrogens with zero attached hydrogens (tertiary/aromatic N) is 1. The van der Waals surface area contributed by atoms with Gasteiger partial charge in [-0.25, -0.2) is 0 Å². The fourth-order valence-corrected chi connectivity index (χ4v) is 1.62. The summed E-state index contributed by atoms with van der Waals surface area (Å²) >= 11 is 4.19. The quantitative estimate of drug-likeness (QED) is 0.507. The molecule has 0 bridgehead atoms. The Balaban J connectivity index is 2.20. The summed E-state index contributed by atoms with van der Waals surface area (Å²) in [5.41, 5.74) is 1.73. The van der Waals surface area contributed by atoms with E-state index in [1.807, 2.05) is 0 Å². The lowest BCUT2D eigenvalue weighted by atomic mass is 11.7. The number of hydrogen-bond acceptors (Lipinski definition) is 6. The maximum atomic E-state index is 3.83. The van der Waals surface area contributed by atoms with Crippen molar-refractivity contribution in [2.75, 3.05) is 0 Å². The highest BCUT2D eigenvalue weighted by molar-refractivity contribution is 8.24. The molecule has 0 amide bonds. The average molecular weight is 153 g/mol. The van der Waals surface area contributed by atoms with Crippen LogP contribution in [0.1, 0.15) is 0 Å². The lowest BCUT2D eigenvalue weighted by Crippen LogP contribution is -1.94. The van der Waals surface area contributed by atoms with Gasteiger partial charge in [0.05, 0.1) is 17.7 Å². The van der Waals surface area contributed by atoms with E-state index >= 15 is 0 Å². The van der Waals surface area contributed by atoms with Gasteiger partial charge in [-0.2, -0.15) is 12.7 Å². The Morgan fingerprint density at radius 1 is 1.43 bits per heavy atom. The summed E-state index contributed by atoms with van der Waals surface area (Å²) in [4.78, 5) is 0. The zero-order chi connectivity index (χ0) is 4.95. The SMILES string of the molecule is C1=NSNSNS1. The maximum absolute atomic E-state index is 3.83. The smallest absolute Gasteiger partial charge is 0.0856 e. The zero-order valence-corrected chi connectivity index (χ0v) is 5.70. The van der Waals surface area contributed by atoms with Gasteiger partial charge in [0.1, 0.15) is 0 Å². The molecule has 0 aromatic carbocycles. The van der Waals surface area contributed by atoms with Gasteiger partial charge in [-0.15, -0.1) is 0 Å². The van der Waals surface area contributed by atoms with Crippen LogP contribution in [-0.4, -0.2) is 5.55 Å². The Labute approximate surface area is 54.8 Å². The second kappa shape index (κ2) is 3.62. The summed E-state index contributed by atoms with van der Waals surface area (Å²) in [5.74, 6) is 0. The van der Waals surface area contributed by atoms with Gasteiger partial charge in [0.15, 0.2) is 0 Å². The van der Waals surface area contributed by atoms with E-state index in [1.165, 1.54) is 36.2 Å². The van der Waals surface area contributed by atoms with Crippen molar-refractivity contribution in [2.45, 2.75) is 0 Å². The summed E-state index contributed by atoms with van der Waals surface area (Å²) < 4.78 is 9.58. The molecule has 0 spiro atoms. The molecule has 7 heavy (non-hydrogen) atoms. The molecule has 0 fully saturated rings. The van der Waals surface area contributed by atoms with Crippen molar-refractivity contribution >= 4 is 41.8 Å². The Morgan fingerprint density at radius 3 is 3.43 bits per heavy atom. The van der Waals surface area contributed by atoms with Crippen LogP contribution in [0.25, 0.3) is 0 Å². The summed E-state index contributed by atoms with van der Waals surface area (Å²) in [6.07, 6.45) is 0. The predicted molar refractivity (Wildman–Crippen MR) is 37.5 cm³/mol. The Kier molecular flexibility index (Phi) is 2.98. The van der Waals surface area contributed by atoms with Crippen molar-refractivity contribution in [2.24, 2.45) is 4.40 Å². The molecule has 0 saturated heterocycles. The van der Waals surface area contributed by atoms with Crippen molar-refractivity contribution in [3.63, 3.8) is 0 Å². The van der Waals surface area contributed by atoms with Gasteiger partial charge in [0, 0.05) is 12.1 Å². The second-order valence-electron chi connectivity index (χ2n) is 0.689. The monoisotopic (exact) mass is 153 g/mol. The first-order valence-electron chi connectivity index (χ1n) is 1.49. The van der Waals surface area contributed by atoms with Gasteiger partial charge in [0.2, 0.25) is 0 Å². The molecule has 0 aromatic rings. The summed E-state index contributed by atoms with van der Waals surface area (Å²) in [6.45, 7) is 0. The van der Waals surface area contributed by atoms with E-state index in [0.29, 0.717) is 0 Å². The molecule has 1 aliphatic rings. The van der Waals surface area contributed by atoms with Crippen molar-refractivity contribution in [1.29, 1.82) is 0 Å². The Hall–Kier alpha value is 0.640. The molecule has 1 rings (SSSR count). The lowest BCUT2D eigenvalue weighted by Gasteiger charge is -1.89. The normalized spacial score (nSPS) is 21.7. The average Bonchev–Trinajstić information content (AvgIpc) is 1.90. The van der Waals surface area contributed by atoms with E-state index in [9.17, 15) is 0 Å². The van der Waals surface area contributed by atoms with Crippen molar-refractivity contribution in [1.82, 2.24) is 8.25 Å². The number of hydrogen-bond donors (Lipinski definition) is 2. The van der Waals surface area contributed by atoms with Crippen LogP contribution in [-0.2, 0) is 0 Å². The topological polar surface area (TPSA) is 36.4 Å². The maximum Gasteiger partial charge on any atom is 0.0856 e. The highest BCUT2D eigenvalue weighted by atomic mass is 32.3. The zero-order valence-electron chi connectivity index (χ0n) is 3.25. The van der Waals surface area contributed by atoms with Crippen LogP contribution in [0.5, 0.6) is 0 Å². The van der Waals surface area contributed by atoms with Crippen molar-refractivity contribution < 1.29 is 0 Å². The van der Waals surface area contributed by atoms with Gasteiger partial charge in [-0.05, 0) is 11.9 Å². The third-order valence-corrected chi connectivity index (χ3v) is 2.22. The molecule has 0 aliphatic carbocycles. The van der Waals surface area contributed by atoms with Gasteiger partial charge in [-0.3, -0.25) is 0 Å². The van der Waals surface area contributed by atoms with Crippen LogP contribution in [0.2, 0.25) is 0 Å². The highest BCUT2D eigenvalue weighted by Crippen LogP contribution is 2.09. The standard InChI is InChI=1S/CH3N3S3/c1-2-6-4-7-3-5-1/h1,3-4H. The molecule has 0 atom stereocenters. The Morgan fingerprint density at radius 2 is 2.43 bits per heavy atom. The van der Waals surface area contributed by atoms with Crippen LogP contribution in [0.15, 0.2) is 4.40 Å². The number of nitrogens with one attached hydrogen (secondary N) is 2. The lowest BCUT2D eigenvalue weighted by molar-refractivity contribution is 1.64. The first kappa shape index (κ1) is 5.77. The minimum absolute atomic E-state index is 1.31.